The number of fused-ring (bicyclic) bond motifs is 1. The topological polar surface area (TPSA) is 131 Å². The Labute approximate surface area is 200 Å². The molecular weight excluding hydrogens is 460 g/mol. The summed E-state index contributed by atoms with van der Waals surface area (Å²) in [7, 11) is 0. The third kappa shape index (κ3) is 4.79. The van der Waals surface area contributed by atoms with Crippen molar-refractivity contribution in [3.63, 3.8) is 0 Å². The molecule has 0 bridgehead atoms. The van der Waals surface area contributed by atoms with Crippen molar-refractivity contribution in [3.8, 4) is 0 Å². The van der Waals surface area contributed by atoms with Crippen LogP contribution in [0, 0.1) is 6.92 Å². The summed E-state index contributed by atoms with van der Waals surface area (Å²) in [6, 6.07) is 8.69. The van der Waals surface area contributed by atoms with Gasteiger partial charge in [0.15, 0.2) is 12.4 Å². The summed E-state index contributed by atoms with van der Waals surface area (Å²) in [6.07, 6.45) is 2.79. The van der Waals surface area contributed by atoms with Gasteiger partial charge in [-0.1, -0.05) is 30.1 Å². The number of aryl methyl sites for hydroxylation is 1. The fraction of sp³-hybridized carbons (Fsp3) is 0.435. The van der Waals surface area contributed by atoms with Crippen LogP contribution in [-0.4, -0.2) is 52.0 Å². The van der Waals surface area contributed by atoms with Gasteiger partial charge >= 0.3 is 5.97 Å². The lowest BCUT2D eigenvalue weighted by Crippen LogP contribution is -2.61. The van der Waals surface area contributed by atoms with Gasteiger partial charge in [-0.15, -0.1) is 11.8 Å². The van der Waals surface area contributed by atoms with Crippen LogP contribution in [0.1, 0.15) is 38.4 Å². The molecule has 1 atom stereocenters. The van der Waals surface area contributed by atoms with E-state index in [2.05, 4.69) is 15.8 Å². The minimum Gasteiger partial charge on any atom is -0.455 e. The lowest BCUT2D eigenvalue weighted by molar-refractivity contribution is -0.145. The molecule has 34 heavy (non-hydrogen) atoms. The number of carbonyl (C=O) groups excluding carboxylic acids is 4. The van der Waals surface area contributed by atoms with Crippen molar-refractivity contribution < 1.29 is 28.4 Å². The van der Waals surface area contributed by atoms with Gasteiger partial charge in [0.1, 0.15) is 11.3 Å². The van der Waals surface area contributed by atoms with Crippen LogP contribution < -0.4 is 15.5 Å². The van der Waals surface area contributed by atoms with Crippen LogP contribution in [0.25, 0.3) is 0 Å². The van der Waals surface area contributed by atoms with E-state index in [1.165, 1.54) is 4.90 Å². The molecule has 0 saturated heterocycles. The zero-order chi connectivity index (χ0) is 24.3. The zero-order valence-corrected chi connectivity index (χ0v) is 19.8. The van der Waals surface area contributed by atoms with Gasteiger partial charge in [-0.3, -0.25) is 24.1 Å². The number of nitrogens with zero attached hydrogens (tertiary/aromatic N) is 2. The molecule has 1 unspecified atom stereocenters. The molecule has 1 aliphatic carbocycles. The molecule has 2 aliphatic rings. The summed E-state index contributed by atoms with van der Waals surface area (Å²) in [5.41, 5.74) is 0.203. The van der Waals surface area contributed by atoms with Crippen molar-refractivity contribution in [2.24, 2.45) is 0 Å². The van der Waals surface area contributed by atoms with Gasteiger partial charge in [0.05, 0.1) is 22.4 Å². The third-order valence-corrected chi connectivity index (χ3v) is 7.10. The van der Waals surface area contributed by atoms with Crippen LogP contribution in [0.2, 0.25) is 0 Å². The van der Waals surface area contributed by atoms with Gasteiger partial charge in [-0.2, -0.15) is 0 Å². The maximum atomic E-state index is 13.2. The van der Waals surface area contributed by atoms with Gasteiger partial charge in [-0.25, -0.2) is 0 Å². The Balaban J connectivity index is 1.34. The predicted molar refractivity (Wildman–Crippen MR) is 127 cm³/mol. The Bertz CT molecular complexity index is 1110. The van der Waals surface area contributed by atoms with E-state index in [-0.39, 0.29) is 17.6 Å². The van der Waals surface area contributed by atoms with Crippen LogP contribution in [-0.2, 0) is 23.9 Å². The molecule has 11 heteroatoms. The molecule has 1 aliphatic heterocycles. The summed E-state index contributed by atoms with van der Waals surface area (Å²) in [6.45, 7) is 2.88. The fourth-order valence-corrected chi connectivity index (χ4v) is 4.98. The standard InChI is InChI=1S/C23H26N4O6S/c1-14-11-18(26-33-14)25-21(30)15(2)34-13-20(29)32-12-19(28)27-17-8-4-3-7-16(17)24-22(31)23(27)9-5-6-10-23/h3-4,7-8,11,15H,5-6,9-10,12-13H2,1-2H3,(H,24,31)(H,25,26,30). The molecule has 10 nitrogen and oxygen atoms in total. The Morgan fingerprint density at radius 1 is 1.29 bits per heavy atom. The number of carbonyl (C=O) groups is 4. The Hall–Kier alpha value is -3.34. The van der Waals surface area contributed by atoms with E-state index < -0.39 is 29.3 Å². The Morgan fingerprint density at radius 3 is 2.74 bits per heavy atom. The van der Waals surface area contributed by atoms with E-state index in [0.717, 1.165) is 24.6 Å². The molecule has 4 rings (SSSR count). The van der Waals surface area contributed by atoms with Gasteiger partial charge < -0.3 is 19.9 Å². The van der Waals surface area contributed by atoms with Crippen LogP contribution in [0.4, 0.5) is 17.2 Å². The van der Waals surface area contributed by atoms with Crippen molar-refractivity contribution in [2.45, 2.75) is 50.3 Å². The first-order valence-corrected chi connectivity index (χ1v) is 12.1. The number of benzene rings is 1. The molecule has 2 aromatic rings. The van der Waals surface area contributed by atoms with Gasteiger partial charge in [0, 0.05) is 6.07 Å². The number of thioether (sulfide) groups is 1. The second-order valence-corrected chi connectivity index (χ2v) is 9.69. The van der Waals surface area contributed by atoms with Crippen molar-refractivity contribution in [3.05, 3.63) is 36.1 Å². The highest BCUT2D eigenvalue weighted by Crippen LogP contribution is 2.45. The normalized spacial score (nSPS) is 17.1. The number of para-hydroxylation sites is 2. The average Bonchev–Trinajstić information content (AvgIpc) is 3.46. The van der Waals surface area contributed by atoms with E-state index in [4.69, 9.17) is 9.26 Å². The number of hydrogen-bond donors (Lipinski definition) is 2. The minimum atomic E-state index is -0.960. The largest absolute Gasteiger partial charge is 0.455 e. The van der Waals surface area contributed by atoms with E-state index in [1.807, 2.05) is 0 Å². The molecule has 1 saturated carbocycles. The monoisotopic (exact) mass is 486 g/mol. The summed E-state index contributed by atoms with van der Waals surface area (Å²) in [5, 5.41) is 8.66. The first-order valence-electron chi connectivity index (χ1n) is 11.0. The van der Waals surface area contributed by atoms with Crippen molar-refractivity contribution >= 4 is 52.6 Å². The van der Waals surface area contributed by atoms with Crippen molar-refractivity contribution in [2.75, 3.05) is 27.9 Å². The summed E-state index contributed by atoms with van der Waals surface area (Å²) in [5.74, 6) is -0.850. The van der Waals surface area contributed by atoms with E-state index in [0.29, 0.717) is 35.8 Å². The second kappa shape index (κ2) is 9.88. The lowest BCUT2D eigenvalue weighted by atomic mass is 9.90. The lowest BCUT2D eigenvalue weighted by Gasteiger charge is -2.44. The summed E-state index contributed by atoms with van der Waals surface area (Å²) >= 11 is 1.08. The summed E-state index contributed by atoms with van der Waals surface area (Å²) < 4.78 is 10.1. The molecule has 2 N–H and O–H groups in total. The molecule has 0 radical (unpaired) electrons. The predicted octanol–water partition coefficient (Wildman–Crippen LogP) is 2.88. The van der Waals surface area contributed by atoms with E-state index in [9.17, 15) is 19.2 Å². The molecule has 1 fully saturated rings. The zero-order valence-electron chi connectivity index (χ0n) is 19.0. The van der Waals surface area contributed by atoms with E-state index >= 15 is 0 Å². The maximum absolute atomic E-state index is 13.2. The molecular formula is C23H26N4O6S. The highest BCUT2D eigenvalue weighted by atomic mass is 32.2. The van der Waals surface area contributed by atoms with Crippen molar-refractivity contribution in [1.82, 2.24) is 5.16 Å². The van der Waals surface area contributed by atoms with E-state index in [1.54, 1.807) is 44.2 Å². The Kier molecular flexibility index (Phi) is 6.92. The molecule has 180 valence electrons. The average molecular weight is 487 g/mol. The minimum absolute atomic E-state index is 0.109. The number of hydrogen-bond acceptors (Lipinski definition) is 8. The number of aromatic nitrogens is 1. The fourth-order valence-electron chi connectivity index (χ4n) is 4.30. The van der Waals surface area contributed by atoms with Gasteiger partial charge in [0.2, 0.25) is 5.91 Å². The highest BCUT2D eigenvalue weighted by molar-refractivity contribution is 8.01. The number of ether oxygens (including phenoxy) is 1. The van der Waals surface area contributed by atoms with Crippen LogP contribution in [0.3, 0.4) is 0 Å². The van der Waals surface area contributed by atoms with Crippen LogP contribution >= 0.6 is 11.8 Å². The van der Waals surface area contributed by atoms with Crippen LogP contribution in [0.15, 0.2) is 34.9 Å². The van der Waals surface area contributed by atoms with Gasteiger partial charge in [0.25, 0.3) is 11.8 Å². The second-order valence-electron chi connectivity index (χ2n) is 8.37. The molecule has 2 heterocycles. The van der Waals surface area contributed by atoms with Crippen LogP contribution in [0.5, 0.6) is 0 Å². The maximum Gasteiger partial charge on any atom is 0.316 e. The SMILES string of the molecule is Cc1cc(NC(=O)C(C)SCC(=O)OCC(=O)N2c3ccccc3NC(=O)C23CCCC3)no1. The van der Waals surface area contributed by atoms with Crippen molar-refractivity contribution in [1.29, 1.82) is 0 Å². The molecule has 1 aromatic heterocycles. The van der Waals surface area contributed by atoms with Gasteiger partial charge in [-0.05, 0) is 38.8 Å². The third-order valence-electron chi connectivity index (χ3n) is 5.98. The first kappa shape index (κ1) is 23.8. The number of nitrogens with one attached hydrogen (secondary N) is 2. The number of amides is 3. The molecule has 1 aromatic carbocycles. The summed E-state index contributed by atoms with van der Waals surface area (Å²) in [4.78, 5) is 52.2. The smallest absolute Gasteiger partial charge is 0.316 e. The molecule has 3 amide bonds. The number of esters is 1. The highest BCUT2D eigenvalue weighted by Gasteiger charge is 2.52. The number of rotatable bonds is 7. The molecule has 1 spiro atoms. The first-order chi connectivity index (χ1) is 16.3. The quantitative estimate of drug-likeness (QED) is 0.571. The Morgan fingerprint density at radius 2 is 2.03 bits per heavy atom. The number of anilines is 3.